The van der Waals surface area contributed by atoms with Gasteiger partial charge in [-0.25, -0.2) is 4.98 Å². The fourth-order valence-corrected chi connectivity index (χ4v) is 4.69. The highest BCUT2D eigenvalue weighted by Crippen LogP contribution is 2.27. The summed E-state index contributed by atoms with van der Waals surface area (Å²) in [5.74, 6) is 0.488. The van der Waals surface area contributed by atoms with E-state index in [1.165, 1.54) is 5.01 Å². The van der Waals surface area contributed by atoms with Gasteiger partial charge in [0.1, 0.15) is 0 Å². The van der Waals surface area contributed by atoms with Crippen molar-refractivity contribution in [2.24, 2.45) is 11.7 Å². The molecule has 1 saturated heterocycles. The summed E-state index contributed by atoms with van der Waals surface area (Å²) in [5.41, 5.74) is 7.33. The van der Waals surface area contributed by atoms with Crippen molar-refractivity contribution in [3.63, 3.8) is 0 Å². The SMILES string of the molecule is CC(C)(C)c1nc(CN2CCN(C(=O)C3CCCC(N)C3)CC2)cs1.Cl.Cl. The molecule has 1 aromatic rings. The minimum absolute atomic E-state index is 0. The second kappa shape index (κ2) is 10.4. The lowest BCUT2D eigenvalue weighted by molar-refractivity contribution is -0.138. The van der Waals surface area contributed by atoms with Crippen LogP contribution in [0, 0.1) is 5.92 Å². The number of hydrogen-bond donors (Lipinski definition) is 1. The van der Waals surface area contributed by atoms with E-state index in [0.29, 0.717) is 5.91 Å². The van der Waals surface area contributed by atoms with Gasteiger partial charge in [-0.1, -0.05) is 27.2 Å². The lowest BCUT2D eigenvalue weighted by Gasteiger charge is -2.37. The number of piperazine rings is 1. The van der Waals surface area contributed by atoms with Gasteiger partial charge in [-0.2, -0.15) is 0 Å². The van der Waals surface area contributed by atoms with Crippen molar-refractivity contribution in [3.05, 3.63) is 16.1 Å². The number of aromatic nitrogens is 1. The predicted octanol–water partition coefficient (Wildman–Crippen LogP) is 3.45. The molecular weight excluding hydrogens is 403 g/mol. The van der Waals surface area contributed by atoms with Crippen LogP contribution in [-0.2, 0) is 16.8 Å². The molecule has 2 atom stereocenters. The van der Waals surface area contributed by atoms with Crippen molar-refractivity contribution in [1.82, 2.24) is 14.8 Å². The Hall–Kier alpha value is -0.400. The summed E-state index contributed by atoms with van der Waals surface area (Å²) in [6.45, 7) is 11.1. The Morgan fingerprint density at radius 1 is 1.22 bits per heavy atom. The zero-order valence-corrected chi connectivity index (χ0v) is 19.1. The van der Waals surface area contributed by atoms with Gasteiger partial charge in [-0.15, -0.1) is 36.2 Å². The number of amides is 1. The van der Waals surface area contributed by atoms with Crippen LogP contribution in [-0.4, -0.2) is 52.9 Å². The van der Waals surface area contributed by atoms with Crippen LogP contribution in [0.3, 0.4) is 0 Å². The molecule has 156 valence electrons. The highest BCUT2D eigenvalue weighted by molar-refractivity contribution is 7.09. The molecule has 1 aliphatic carbocycles. The summed E-state index contributed by atoms with van der Waals surface area (Å²) in [7, 11) is 0. The van der Waals surface area contributed by atoms with Crippen LogP contribution in [0.4, 0.5) is 0 Å². The normalized spacial score (nSPS) is 24.1. The third kappa shape index (κ3) is 6.57. The molecule has 0 bridgehead atoms. The van der Waals surface area contributed by atoms with Crippen LogP contribution >= 0.6 is 36.2 Å². The van der Waals surface area contributed by atoms with Gasteiger partial charge in [0.25, 0.3) is 0 Å². The first kappa shape index (κ1) is 24.6. The molecule has 5 nitrogen and oxygen atoms in total. The van der Waals surface area contributed by atoms with Crippen molar-refractivity contribution in [2.45, 2.75) is 64.5 Å². The maximum Gasteiger partial charge on any atom is 0.225 e. The van der Waals surface area contributed by atoms with Gasteiger partial charge in [-0.05, 0) is 19.3 Å². The Kier molecular flexibility index (Phi) is 9.49. The third-order valence-corrected chi connectivity index (χ3v) is 6.64. The zero-order valence-electron chi connectivity index (χ0n) is 16.6. The average molecular weight is 437 g/mol. The highest BCUT2D eigenvalue weighted by Gasteiger charge is 2.30. The van der Waals surface area contributed by atoms with E-state index in [9.17, 15) is 4.79 Å². The maximum absolute atomic E-state index is 12.7. The largest absolute Gasteiger partial charge is 0.340 e. The number of nitrogens with zero attached hydrogens (tertiary/aromatic N) is 3. The van der Waals surface area contributed by atoms with Gasteiger partial charge >= 0.3 is 0 Å². The smallest absolute Gasteiger partial charge is 0.225 e. The molecule has 1 aliphatic heterocycles. The Bertz CT molecular complexity index is 597. The fourth-order valence-electron chi connectivity index (χ4n) is 3.79. The summed E-state index contributed by atoms with van der Waals surface area (Å²) in [6.07, 6.45) is 4.05. The molecule has 8 heteroatoms. The Morgan fingerprint density at radius 3 is 2.44 bits per heavy atom. The van der Waals surface area contributed by atoms with E-state index in [-0.39, 0.29) is 42.2 Å². The monoisotopic (exact) mass is 436 g/mol. The van der Waals surface area contributed by atoms with E-state index in [2.05, 4.69) is 36.0 Å². The first-order valence-corrected chi connectivity index (χ1v) is 10.4. The number of rotatable bonds is 3. The standard InChI is InChI=1S/C19H32N4OS.2ClH/c1-19(2,3)18-21-16(13-25-18)12-22-7-9-23(10-8-22)17(24)14-5-4-6-15(20)11-14;;/h13-15H,4-12,20H2,1-3H3;2*1H. The number of carbonyl (C=O) groups excluding carboxylic acids is 1. The zero-order chi connectivity index (χ0) is 18.0. The predicted molar refractivity (Wildman–Crippen MR) is 117 cm³/mol. The average Bonchev–Trinajstić information content (AvgIpc) is 3.04. The second-order valence-corrected chi connectivity index (χ2v) is 9.48. The van der Waals surface area contributed by atoms with Crippen molar-refractivity contribution in [1.29, 1.82) is 0 Å². The quantitative estimate of drug-likeness (QED) is 0.787. The summed E-state index contributed by atoms with van der Waals surface area (Å²) in [5, 5.41) is 3.38. The molecule has 3 rings (SSSR count). The molecule has 2 aliphatic rings. The highest BCUT2D eigenvalue weighted by atomic mass is 35.5. The van der Waals surface area contributed by atoms with Crippen molar-refractivity contribution in [3.8, 4) is 0 Å². The second-order valence-electron chi connectivity index (χ2n) is 8.62. The molecule has 1 aromatic heterocycles. The van der Waals surface area contributed by atoms with Crippen LogP contribution in [0.25, 0.3) is 0 Å². The van der Waals surface area contributed by atoms with Crippen LogP contribution in [0.15, 0.2) is 5.38 Å². The van der Waals surface area contributed by atoms with Crippen LogP contribution in [0.2, 0.25) is 0 Å². The van der Waals surface area contributed by atoms with Crippen LogP contribution in [0.1, 0.15) is 57.2 Å². The van der Waals surface area contributed by atoms with Gasteiger partial charge in [0, 0.05) is 55.5 Å². The van der Waals surface area contributed by atoms with Crippen molar-refractivity contribution >= 4 is 42.1 Å². The lowest BCUT2D eigenvalue weighted by Crippen LogP contribution is -2.51. The Balaban J connectivity index is 0.00000182. The van der Waals surface area contributed by atoms with E-state index >= 15 is 0 Å². The Morgan fingerprint density at radius 2 is 1.89 bits per heavy atom. The summed E-state index contributed by atoms with van der Waals surface area (Å²) >= 11 is 1.76. The molecule has 2 N–H and O–H groups in total. The van der Waals surface area contributed by atoms with Gasteiger partial charge in [0.2, 0.25) is 5.91 Å². The maximum atomic E-state index is 12.7. The van der Waals surface area contributed by atoms with Crippen LogP contribution < -0.4 is 5.73 Å². The molecule has 0 aromatic carbocycles. The number of halogens is 2. The Labute approximate surface area is 179 Å². The third-order valence-electron chi connectivity index (χ3n) is 5.33. The number of nitrogens with two attached hydrogens (primary N) is 1. The first-order chi connectivity index (χ1) is 11.8. The van der Waals surface area contributed by atoms with E-state index in [1.54, 1.807) is 11.3 Å². The van der Waals surface area contributed by atoms with Gasteiger partial charge in [-0.3, -0.25) is 9.69 Å². The molecule has 0 spiro atoms. The van der Waals surface area contributed by atoms with E-state index < -0.39 is 0 Å². The van der Waals surface area contributed by atoms with Crippen molar-refractivity contribution in [2.75, 3.05) is 26.2 Å². The fraction of sp³-hybridized carbons (Fsp3) is 0.789. The summed E-state index contributed by atoms with van der Waals surface area (Å²) < 4.78 is 0. The van der Waals surface area contributed by atoms with Gasteiger partial charge in [0.05, 0.1) is 10.7 Å². The molecule has 1 saturated carbocycles. The summed E-state index contributed by atoms with van der Waals surface area (Å²) in [4.78, 5) is 22.0. The van der Waals surface area contributed by atoms with E-state index in [4.69, 9.17) is 10.7 Å². The van der Waals surface area contributed by atoms with Crippen LogP contribution in [0.5, 0.6) is 0 Å². The molecule has 1 amide bonds. The van der Waals surface area contributed by atoms with Gasteiger partial charge < -0.3 is 10.6 Å². The van der Waals surface area contributed by atoms with E-state index in [1.807, 2.05) is 0 Å². The summed E-state index contributed by atoms with van der Waals surface area (Å²) in [6, 6.07) is 0.214. The molecule has 2 fully saturated rings. The molecule has 0 radical (unpaired) electrons. The minimum Gasteiger partial charge on any atom is -0.340 e. The minimum atomic E-state index is 0. The molecular formula is C19H34Cl2N4OS. The van der Waals surface area contributed by atoms with Crippen molar-refractivity contribution < 1.29 is 4.79 Å². The molecule has 2 unspecified atom stereocenters. The topological polar surface area (TPSA) is 62.5 Å². The number of thiazole rings is 1. The number of carbonyl (C=O) groups is 1. The van der Waals surface area contributed by atoms with E-state index in [0.717, 1.165) is 64.1 Å². The molecule has 27 heavy (non-hydrogen) atoms. The molecule has 2 heterocycles. The van der Waals surface area contributed by atoms with Gasteiger partial charge in [0.15, 0.2) is 0 Å². The first-order valence-electron chi connectivity index (χ1n) is 9.54. The number of hydrogen-bond acceptors (Lipinski definition) is 5. The lowest BCUT2D eigenvalue weighted by atomic mass is 9.85.